The molecule has 2 amide bonds. The van der Waals surface area contributed by atoms with Crippen LogP contribution < -0.4 is 10.2 Å². The minimum Gasteiger partial charge on any atom is -0.368 e. The third-order valence-corrected chi connectivity index (χ3v) is 7.62. The molecule has 1 aromatic rings. The molecular weight excluding hydrogens is 464 g/mol. The molecule has 1 N–H and O–H groups in total. The number of hydrogen-bond donors (Lipinski definition) is 1. The smallest absolute Gasteiger partial charge is 0.233 e. The number of carbonyl (C=O) groups is 2. The Kier molecular flexibility index (Phi) is 6.93. The first-order chi connectivity index (χ1) is 14.5. The highest BCUT2D eigenvalue weighted by Crippen LogP contribution is 2.33. The van der Waals surface area contributed by atoms with Gasteiger partial charge in [0, 0.05) is 55.7 Å². The summed E-state index contributed by atoms with van der Waals surface area (Å²) in [7, 11) is 0. The molecule has 1 aliphatic carbocycles. The van der Waals surface area contributed by atoms with Gasteiger partial charge in [-0.05, 0) is 50.0 Å². The van der Waals surface area contributed by atoms with Crippen LogP contribution in [0.15, 0.2) is 30.3 Å². The predicted octanol–water partition coefficient (Wildman–Crippen LogP) is 2.76. The second-order valence-electron chi connectivity index (χ2n) is 8.37. The number of rotatable bonds is 5. The van der Waals surface area contributed by atoms with Crippen molar-refractivity contribution in [3.63, 3.8) is 0 Å². The highest BCUT2D eigenvalue weighted by molar-refractivity contribution is 9.09. The van der Waals surface area contributed by atoms with Gasteiger partial charge in [0.1, 0.15) is 0 Å². The molecule has 8 heteroatoms. The number of piperazine rings is 1. The molecule has 3 fully saturated rings. The van der Waals surface area contributed by atoms with Gasteiger partial charge in [0.15, 0.2) is 5.11 Å². The fraction of sp³-hybridized carbons (Fsp3) is 0.591. The summed E-state index contributed by atoms with van der Waals surface area (Å²) in [6.07, 6.45) is 3.97. The van der Waals surface area contributed by atoms with E-state index in [9.17, 15) is 9.59 Å². The Balaban J connectivity index is 1.23. The highest BCUT2D eigenvalue weighted by Gasteiger charge is 2.42. The molecule has 0 spiro atoms. The summed E-state index contributed by atoms with van der Waals surface area (Å²) < 4.78 is 0. The summed E-state index contributed by atoms with van der Waals surface area (Å²) in [4.78, 5) is 31.9. The van der Waals surface area contributed by atoms with E-state index in [1.54, 1.807) is 4.90 Å². The zero-order chi connectivity index (χ0) is 21.1. The largest absolute Gasteiger partial charge is 0.368 e. The molecule has 162 valence electrons. The van der Waals surface area contributed by atoms with Crippen molar-refractivity contribution in [2.45, 2.75) is 43.0 Å². The Bertz CT molecular complexity index is 785. The fourth-order valence-corrected chi connectivity index (χ4v) is 5.71. The van der Waals surface area contributed by atoms with Crippen LogP contribution in [0.5, 0.6) is 0 Å². The summed E-state index contributed by atoms with van der Waals surface area (Å²) in [6, 6.07) is 10.5. The van der Waals surface area contributed by atoms with Crippen molar-refractivity contribution < 1.29 is 9.59 Å². The number of hydrogen-bond acceptors (Lipinski definition) is 4. The number of nitrogens with one attached hydrogen (secondary N) is 1. The molecular formula is C22H29BrN4O2S. The number of para-hydroxylation sites is 1. The number of amides is 2. The summed E-state index contributed by atoms with van der Waals surface area (Å²) in [6.45, 7) is 3.70. The topological polar surface area (TPSA) is 55.9 Å². The standard InChI is InChI=1S/C22H29BrN4O2S/c23-16-8-9-19-18(15-16)21(29)27(22(30)24-19)10-4-7-20(28)26-13-11-25(12-14-26)17-5-2-1-3-6-17/h1-3,5-6,16,18-19H,4,7-15H2,(H,24,30). The Morgan fingerprint density at radius 3 is 2.60 bits per heavy atom. The first-order valence-corrected chi connectivity index (χ1v) is 12.2. The van der Waals surface area contributed by atoms with Crippen molar-refractivity contribution in [2.24, 2.45) is 5.92 Å². The molecule has 2 saturated heterocycles. The fourth-order valence-electron chi connectivity index (χ4n) is 4.71. The Labute approximate surface area is 192 Å². The number of alkyl halides is 1. The lowest BCUT2D eigenvalue weighted by atomic mass is 9.82. The van der Waals surface area contributed by atoms with E-state index in [0.29, 0.717) is 29.3 Å². The second kappa shape index (κ2) is 9.64. The van der Waals surface area contributed by atoms with Gasteiger partial charge in [-0.2, -0.15) is 0 Å². The number of halogens is 1. The average molecular weight is 493 g/mol. The average Bonchev–Trinajstić information content (AvgIpc) is 2.77. The molecule has 3 unspecified atom stereocenters. The van der Waals surface area contributed by atoms with E-state index in [1.807, 2.05) is 23.1 Å². The van der Waals surface area contributed by atoms with E-state index < -0.39 is 0 Å². The van der Waals surface area contributed by atoms with Gasteiger partial charge in [-0.25, -0.2) is 0 Å². The molecule has 4 rings (SSSR count). The van der Waals surface area contributed by atoms with Gasteiger partial charge in [0.05, 0.1) is 5.92 Å². The van der Waals surface area contributed by atoms with Gasteiger partial charge >= 0.3 is 0 Å². The zero-order valence-corrected chi connectivity index (χ0v) is 19.5. The van der Waals surface area contributed by atoms with E-state index in [-0.39, 0.29) is 23.8 Å². The number of benzene rings is 1. The molecule has 1 saturated carbocycles. The zero-order valence-electron chi connectivity index (χ0n) is 17.1. The number of fused-ring (bicyclic) bond motifs is 1. The maximum absolute atomic E-state index is 12.9. The lowest BCUT2D eigenvalue weighted by molar-refractivity contribution is -0.136. The number of carbonyl (C=O) groups excluding carboxylic acids is 2. The predicted molar refractivity (Wildman–Crippen MR) is 126 cm³/mol. The molecule has 0 bridgehead atoms. The Hall–Kier alpha value is -1.67. The van der Waals surface area contributed by atoms with Crippen LogP contribution in [0, 0.1) is 5.92 Å². The van der Waals surface area contributed by atoms with Crippen molar-refractivity contribution in [3.05, 3.63) is 30.3 Å². The molecule has 30 heavy (non-hydrogen) atoms. The molecule has 2 heterocycles. The quantitative estimate of drug-likeness (QED) is 0.505. The van der Waals surface area contributed by atoms with Crippen LogP contribution in [0.2, 0.25) is 0 Å². The van der Waals surface area contributed by atoms with Crippen molar-refractivity contribution in [2.75, 3.05) is 37.6 Å². The van der Waals surface area contributed by atoms with Crippen molar-refractivity contribution in [3.8, 4) is 0 Å². The molecule has 3 aliphatic rings. The van der Waals surface area contributed by atoms with Gasteiger partial charge in [0.25, 0.3) is 0 Å². The number of nitrogens with zero attached hydrogens (tertiary/aromatic N) is 3. The molecule has 3 atom stereocenters. The van der Waals surface area contributed by atoms with E-state index >= 15 is 0 Å². The molecule has 0 radical (unpaired) electrons. The van der Waals surface area contributed by atoms with Crippen LogP contribution in [0.1, 0.15) is 32.1 Å². The van der Waals surface area contributed by atoms with Crippen LogP contribution in [0.3, 0.4) is 0 Å². The van der Waals surface area contributed by atoms with E-state index in [0.717, 1.165) is 45.4 Å². The van der Waals surface area contributed by atoms with Crippen LogP contribution in [-0.2, 0) is 9.59 Å². The normalized spacial score (nSPS) is 27.0. The minimum absolute atomic E-state index is 0.0170. The van der Waals surface area contributed by atoms with Gasteiger partial charge in [-0.1, -0.05) is 34.1 Å². The second-order valence-corrected chi connectivity index (χ2v) is 10.1. The highest BCUT2D eigenvalue weighted by atomic mass is 79.9. The maximum atomic E-state index is 12.9. The van der Waals surface area contributed by atoms with Crippen molar-refractivity contribution >= 4 is 50.8 Å². The number of anilines is 1. The van der Waals surface area contributed by atoms with Crippen LogP contribution >= 0.6 is 28.1 Å². The van der Waals surface area contributed by atoms with Gasteiger partial charge in [-0.3, -0.25) is 14.5 Å². The number of thiocarbonyl (C=S) groups is 1. The monoisotopic (exact) mass is 492 g/mol. The van der Waals surface area contributed by atoms with E-state index in [2.05, 4.69) is 38.3 Å². The van der Waals surface area contributed by atoms with Crippen LogP contribution in [-0.4, -0.2) is 70.3 Å². The first kappa shape index (κ1) is 21.6. The first-order valence-electron chi connectivity index (χ1n) is 10.9. The molecule has 2 aliphatic heterocycles. The summed E-state index contributed by atoms with van der Waals surface area (Å²) in [5, 5.41) is 3.88. The molecule has 0 aromatic heterocycles. The lowest BCUT2D eigenvalue weighted by Gasteiger charge is -2.43. The Morgan fingerprint density at radius 1 is 1.13 bits per heavy atom. The third-order valence-electron chi connectivity index (χ3n) is 6.45. The molecule has 1 aromatic carbocycles. The SMILES string of the molecule is O=C(CCCN1C(=O)C2CC(Br)CCC2NC1=S)N1CCN(c2ccccc2)CC1. The van der Waals surface area contributed by atoms with Crippen LogP contribution in [0.4, 0.5) is 5.69 Å². The Morgan fingerprint density at radius 2 is 1.87 bits per heavy atom. The van der Waals surface area contributed by atoms with Gasteiger partial charge in [0.2, 0.25) is 11.8 Å². The summed E-state index contributed by atoms with van der Waals surface area (Å²) in [5.41, 5.74) is 1.21. The van der Waals surface area contributed by atoms with E-state index in [1.165, 1.54) is 5.69 Å². The van der Waals surface area contributed by atoms with Crippen molar-refractivity contribution in [1.29, 1.82) is 0 Å². The lowest BCUT2D eigenvalue weighted by Crippen LogP contribution is -2.61. The molecule has 6 nitrogen and oxygen atoms in total. The maximum Gasteiger partial charge on any atom is 0.233 e. The minimum atomic E-state index is -0.0170. The van der Waals surface area contributed by atoms with Gasteiger partial charge in [-0.15, -0.1) is 0 Å². The van der Waals surface area contributed by atoms with Crippen molar-refractivity contribution in [1.82, 2.24) is 15.1 Å². The third kappa shape index (κ3) is 4.80. The summed E-state index contributed by atoms with van der Waals surface area (Å²) >= 11 is 9.11. The van der Waals surface area contributed by atoms with Gasteiger partial charge < -0.3 is 15.1 Å². The summed E-state index contributed by atoms with van der Waals surface area (Å²) in [5.74, 6) is 0.274. The van der Waals surface area contributed by atoms with E-state index in [4.69, 9.17) is 12.2 Å². The van der Waals surface area contributed by atoms with Crippen LogP contribution in [0.25, 0.3) is 0 Å².